The van der Waals surface area contributed by atoms with Gasteiger partial charge in [0.2, 0.25) is 5.91 Å². The van der Waals surface area contributed by atoms with Crippen LogP contribution in [-0.2, 0) is 11.3 Å². The Hall–Kier alpha value is -2.28. The van der Waals surface area contributed by atoms with Crippen LogP contribution in [0.25, 0.3) is 0 Å². The molecule has 0 saturated heterocycles. The molecule has 0 spiro atoms. The number of ether oxygens (including phenoxy) is 1. The number of oxime groups is 1. The maximum Gasteiger partial charge on any atom is 0.236 e. The standard InChI is InChI=1S/C13H20N4O3/c1-17(2)12(18)8-15-7-9-4-5-11(20-3)10(6-9)13(14)16-19/h4-6,15,19H,7-8H2,1-3H3,(H2,14,16). The van der Waals surface area contributed by atoms with Crippen LogP contribution in [0.15, 0.2) is 23.4 Å². The van der Waals surface area contributed by atoms with Gasteiger partial charge in [0.25, 0.3) is 0 Å². The summed E-state index contributed by atoms with van der Waals surface area (Å²) in [5.41, 5.74) is 7.00. The van der Waals surface area contributed by atoms with E-state index in [1.807, 2.05) is 6.07 Å². The van der Waals surface area contributed by atoms with Gasteiger partial charge in [0.15, 0.2) is 5.84 Å². The Morgan fingerprint density at radius 3 is 2.75 bits per heavy atom. The van der Waals surface area contributed by atoms with Crippen molar-refractivity contribution in [3.05, 3.63) is 29.3 Å². The Labute approximate surface area is 118 Å². The van der Waals surface area contributed by atoms with Crippen LogP contribution in [0.4, 0.5) is 0 Å². The first-order valence-corrected chi connectivity index (χ1v) is 6.05. The van der Waals surface area contributed by atoms with Crippen LogP contribution in [0.1, 0.15) is 11.1 Å². The third kappa shape index (κ3) is 4.13. The zero-order valence-electron chi connectivity index (χ0n) is 11.9. The first kappa shape index (κ1) is 15.8. The first-order valence-electron chi connectivity index (χ1n) is 6.05. The first-order chi connectivity index (χ1) is 9.49. The van der Waals surface area contributed by atoms with Crippen LogP contribution in [0.2, 0.25) is 0 Å². The van der Waals surface area contributed by atoms with E-state index in [1.165, 1.54) is 12.0 Å². The number of hydrogen-bond donors (Lipinski definition) is 3. The summed E-state index contributed by atoms with van der Waals surface area (Å²) in [4.78, 5) is 12.9. The van der Waals surface area contributed by atoms with Crippen LogP contribution >= 0.6 is 0 Å². The number of carbonyl (C=O) groups is 1. The quantitative estimate of drug-likeness (QED) is 0.294. The predicted molar refractivity (Wildman–Crippen MR) is 75.9 cm³/mol. The van der Waals surface area contributed by atoms with Crippen molar-refractivity contribution < 1.29 is 14.7 Å². The average molecular weight is 280 g/mol. The molecule has 20 heavy (non-hydrogen) atoms. The normalized spacial score (nSPS) is 11.2. The van der Waals surface area contributed by atoms with E-state index in [4.69, 9.17) is 15.7 Å². The molecule has 110 valence electrons. The van der Waals surface area contributed by atoms with Crippen molar-refractivity contribution in [1.29, 1.82) is 0 Å². The highest BCUT2D eigenvalue weighted by molar-refractivity contribution is 5.99. The summed E-state index contributed by atoms with van der Waals surface area (Å²) >= 11 is 0. The van der Waals surface area contributed by atoms with E-state index in [9.17, 15) is 4.79 Å². The van der Waals surface area contributed by atoms with Crippen molar-refractivity contribution in [2.45, 2.75) is 6.54 Å². The maximum absolute atomic E-state index is 11.4. The molecule has 0 unspecified atom stereocenters. The molecule has 0 fully saturated rings. The van der Waals surface area contributed by atoms with Gasteiger partial charge in [0, 0.05) is 20.6 Å². The summed E-state index contributed by atoms with van der Waals surface area (Å²) in [5.74, 6) is 0.497. The van der Waals surface area contributed by atoms with Gasteiger partial charge in [0.05, 0.1) is 19.2 Å². The van der Waals surface area contributed by atoms with Crippen LogP contribution in [0, 0.1) is 0 Å². The monoisotopic (exact) mass is 280 g/mol. The number of amides is 1. The van der Waals surface area contributed by atoms with Gasteiger partial charge >= 0.3 is 0 Å². The van der Waals surface area contributed by atoms with Crippen molar-refractivity contribution in [2.24, 2.45) is 10.9 Å². The van der Waals surface area contributed by atoms with Crippen LogP contribution in [0.5, 0.6) is 5.75 Å². The van der Waals surface area contributed by atoms with Gasteiger partial charge in [-0.2, -0.15) is 0 Å². The van der Waals surface area contributed by atoms with Crippen LogP contribution in [0.3, 0.4) is 0 Å². The predicted octanol–water partition coefficient (Wildman–Crippen LogP) is -0.0325. The lowest BCUT2D eigenvalue weighted by molar-refractivity contribution is -0.127. The fraction of sp³-hybridized carbons (Fsp3) is 0.385. The fourth-order valence-corrected chi connectivity index (χ4v) is 1.59. The second kappa shape index (κ2) is 7.34. The summed E-state index contributed by atoms with van der Waals surface area (Å²) < 4.78 is 5.14. The van der Waals surface area contributed by atoms with E-state index < -0.39 is 0 Å². The summed E-state index contributed by atoms with van der Waals surface area (Å²) in [6.45, 7) is 0.743. The highest BCUT2D eigenvalue weighted by Gasteiger charge is 2.09. The lowest BCUT2D eigenvalue weighted by atomic mass is 10.1. The fourth-order valence-electron chi connectivity index (χ4n) is 1.59. The number of nitrogens with two attached hydrogens (primary N) is 1. The Morgan fingerprint density at radius 1 is 1.50 bits per heavy atom. The lowest BCUT2D eigenvalue weighted by Crippen LogP contribution is -2.32. The Morgan fingerprint density at radius 2 is 2.20 bits per heavy atom. The summed E-state index contributed by atoms with van der Waals surface area (Å²) in [7, 11) is 4.92. The van der Waals surface area contributed by atoms with Crippen molar-refractivity contribution >= 4 is 11.7 Å². The molecular weight excluding hydrogens is 260 g/mol. The third-order valence-corrected chi connectivity index (χ3v) is 2.75. The molecule has 0 aromatic heterocycles. The van der Waals surface area contributed by atoms with E-state index in [-0.39, 0.29) is 18.3 Å². The van der Waals surface area contributed by atoms with E-state index in [2.05, 4.69) is 10.5 Å². The third-order valence-electron chi connectivity index (χ3n) is 2.75. The molecule has 0 radical (unpaired) electrons. The van der Waals surface area contributed by atoms with Gasteiger partial charge in [-0.3, -0.25) is 4.79 Å². The van der Waals surface area contributed by atoms with Crippen LogP contribution in [-0.4, -0.2) is 49.6 Å². The molecule has 0 aliphatic rings. The number of likely N-dealkylation sites (N-methyl/N-ethyl adjacent to an activating group) is 1. The van der Waals surface area contributed by atoms with Crippen molar-refractivity contribution in [1.82, 2.24) is 10.2 Å². The summed E-state index contributed by atoms with van der Waals surface area (Å²) in [6, 6.07) is 5.33. The zero-order chi connectivity index (χ0) is 15.1. The zero-order valence-corrected chi connectivity index (χ0v) is 11.9. The summed E-state index contributed by atoms with van der Waals surface area (Å²) in [6.07, 6.45) is 0. The molecule has 0 atom stereocenters. The number of amidine groups is 1. The number of methoxy groups -OCH3 is 1. The van der Waals surface area contributed by atoms with Gasteiger partial charge in [-0.15, -0.1) is 0 Å². The highest BCUT2D eigenvalue weighted by atomic mass is 16.5. The summed E-state index contributed by atoms with van der Waals surface area (Å²) in [5, 5.41) is 14.8. The molecule has 0 aliphatic carbocycles. The lowest BCUT2D eigenvalue weighted by Gasteiger charge is -2.12. The minimum Gasteiger partial charge on any atom is -0.496 e. The smallest absolute Gasteiger partial charge is 0.236 e. The van der Waals surface area contributed by atoms with Gasteiger partial charge < -0.3 is 25.9 Å². The van der Waals surface area contributed by atoms with Crippen molar-refractivity contribution in [3.8, 4) is 5.75 Å². The molecule has 0 heterocycles. The number of carbonyl (C=O) groups excluding carboxylic acids is 1. The highest BCUT2D eigenvalue weighted by Crippen LogP contribution is 2.19. The topological polar surface area (TPSA) is 100 Å². The van der Waals surface area contributed by atoms with Crippen molar-refractivity contribution in [2.75, 3.05) is 27.7 Å². The van der Waals surface area contributed by atoms with Gasteiger partial charge in [-0.25, -0.2) is 0 Å². The minimum absolute atomic E-state index is 0.00447. The SMILES string of the molecule is COc1ccc(CNCC(=O)N(C)C)cc1C(N)=NO. The molecular formula is C13H20N4O3. The van der Waals surface area contributed by atoms with E-state index in [0.29, 0.717) is 17.9 Å². The maximum atomic E-state index is 11.4. The number of hydrogen-bond acceptors (Lipinski definition) is 5. The Balaban J connectivity index is 2.75. The average Bonchev–Trinajstić information content (AvgIpc) is 2.45. The molecule has 0 saturated carbocycles. The van der Waals surface area contributed by atoms with Crippen LogP contribution < -0.4 is 15.8 Å². The number of benzene rings is 1. The molecule has 1 aromatic rings. The minimum atomic E-state index is -0.0203. The molecule has 0 aliphatic heterocycles. The van der Waals surface area contributed by atoms with E-state index >= 15 is 0 Å². The van der Waals surface area contributed by atoms with Crippen molar-refractivity contribution in [3.63, 3.8) is 0 Å². The Bertz CT molecular complexity index is 500. The molecule has 7 nitrogen and oxygen atoms in total. The molecule has 7 heteroatoms. The molecule has 0 bridgehead atoms. The Kier molecular flexibility index (Phi) is 5.79. The van der Waals surface area contributed by atoms with E-state index in [1.54, 1.807) is 26.2 Å². The number of nitrogens with zero attached hydrogens (tertiary/aromatic N) is 2. The van der Waals surface area contributed by atoms with E-state index in [0.717, 1.165) is 5.56 Å². The molecule has 4 N–H and O–H groups in total. The van der Waals surface area contributed by atoms with Gasteiger partial charge in [-0.05, 0) is 17.7 Å². The second-order valence-corrected chi connectivity index (χ2v) is 4.41. The number of nitrogens with one attached hydrogen (secondary N) is 1. The second-order valence-electron chi connectivity index (χ2n) is 4.41. The van der Waals surface area contributed by atoms with Gasteiger partial charge in [-0.1, -0.05) is 11.2 Å². The van der Waals surface area contributed by atoms with Gasteiger partial charge in [0.1, 0.15) is 5.75 Å². The largest absolute Gasteiger partial charge is 0.496 e. The number of rotatable bonds is 6. The molecule has 1 rings (SSSR count). The molecule has 1 amide bonds. The molecule has 1 aromatic carbocycles.